The van der Waals surface area contributed by atoms with Gasteiger partial charge in [0.15, 0.2) is 6.29 Å². The minimum atomic E-state index is -1.70. The fourth-order valence-electron chi connectivity index (χ4n) is 1.09. The number of ether oxygens (including phenoxy) is 2. The molecule has 8 nitrogen and oxygen atoms in total. The Hall–Kier alpha value is -1.06. The molecule has 2 unspecified atom stereocenters. The van der Waals surface area contributed by atoms with Crippen LogP contribution < -0.4 is 0 Å². The molecule has 1 fully saturated rings. The smallest absolute Gasteiger partial charge is 0.305 e. The van der Waals surface area contributed by atoms with Gasteiger partial charge in [-0.3, -0.25) is 4.79 Å². The highest BCUT2D eigenvalue weighted by Crippen LogP contribution is 2.20. The summed E-state index contributed by atoms with van der Waals surface area (Å²) in [5, 5.41) is 36.5. The zero-order valence-corrected chi connectivity index (χ0v) is 8.52. The maximum Gasteiger partial charge on any atom is 0.305 e. The maximum atomic E-state index is 10.5. The van der Waals surface area contributed by atoms with Crippen LogP contribution >= 0.6 is 0 Å². The topological polar surface area (TPSA) is 134 Å². The van der Waals surface area contributed by atoms with Crippen LogP contribution in [0.1, 0.15) is 14.4 Å². The van der Waals surface area contributed by atoms with Crippen molar-refractivity contribution < 1.29 is 39.5 Å². The molecule has 0 spiro atoms. The summed E-state index contributed by atoms with van der Waals surface area (Å²) in [6.45, 7) is 3.08. The SMILES string of the molecule is C.C=O.CC(=O)O[C@@H]1OC(O)[C@@H](O)[C@H](O)C1O. The summed E-state index contributed by atoms with van der Waals surface area (Å²) in [5.74, 6) is -0.732. The Labute approximate surface area is 98.4 Å². The fraction of sp³-hybridized carbons (Fsp3) is 0.778. The third kappa shape index (κ3) is 4.75. The lowest BCUT2D eigenvalue weighted by Crippen LogP contribution is -2.58. The van der Waals surface area contributed by atoms with Crippen molar-refractivity contribution in [3.8, 4) is 0 Å². The van der Waals surface area contributed by atoms with Crippen molar-refractivity contribution in [1.82, 2.24) is 0 Å². The molecule has 1 heterocycles. The molecule has 0 aromatic carbocycles. The quantitative estimate of drug-likeness (QED) is 0.386. The van der Waals surface area contributed by atoms with Crippen LogP contribution in [0.4, 0.5) is 0 Å². The molecule has 8 heteroatoms. The van der Waals surface area contributed by atoms with Gasteiger partial charge in [0.05, 0.1) is 0 Å². The Morgan fingerprint density at radius 1 is 1.12 bits per heavy atom. The first-order valence-corrected chi connectivity index (χ1v) is 4.27. The predicted octanol–water partition coefficient (Wildman–Crippen LogP) is -2.24. The van der Waals surface area contributed by atoms with Crippen molar-refractivity contribution in [2.45, 2.75) is 45.2 Å². The van der Waals surface area contributed by atoms with Crippen LogP contribution in [0, 0.1) is 0 Å². The van der Waals surface area contributed by atoms with Gasteiger partial charge >= 0.3 is 5.97 Å². The molecular weight excluding hydrogens is 236 g/mol. The molecule has 0 radical (unpaired) electrons. The molecular formula is C9H18O8. The monoisotopic (exact) mass is 254 g/mol. The van der Waals surface area contributed by atoms with Crippen LogP contribution in [-0.2, 0) is 19.1 Å². The molecule has 0 bridgehead atoms. The van der Waals surface area contributed by atoms with Gasteiger partial charge in [-0.05, 0) is 0 Å². The first-order valence-electron chi connectivity index (χ1n) is 4.27. The number of hydrogen-bond acceptors (Lipinski definition) is 8. The molecule has 1 aliphatic rings. The summed E-state index contributed by atoms with van der Waals surface area (Å²) in [7, 11) is 0. The van der Waals surface area contributed by atoms with Crippen LogP contribution in [0.15, 0.2) is 0 Å². The number of hydrogen-bond donors (Lipinski definition) is 4. The zero-order chi connectivity index (χ0) is 12.9. The van der Waals surface area contributed by atoms with Gasteiger partial charge in [0, 0.05) is 6.92 Å². The summed E-state index contributed by atoms with van der Waals surface area (Å²) >= 11 is 0. The van der Waals surface area contributed by atoms with Gasteiger partial charge < -0.3 is 34.7 Å². The van der Waals surface area contributed by atoms with Crippen LogP contribution in [0.3, 0.4) is 0 Å². The normalized spacial score (nSPS) is 35.9. The second-order valence-electron chi connectivity index (χ2n) is 2.98. The number of esters is 1. The predicted molar refractivity (Wildman–Crippen MR) is 54.5 cm³/mol. The van der Waals surface area contributed by atoms with Crippen molar-refractivity contribution in [1.29, 1.82) is 0 Å². The van der Waals surface area contributed by atoms with E-state index in [-0.39, 0.29) is 7.43 Å². The fourth-order valence-corrected chi connectivity index (χ4v) is 1.09. The third-order valence-electron chi connectivity index (χ3n) is 1.83. The summed E-state index contributed by atoms with van der Waals surface area (Å²) in [6, 6.07) is 0. The highest BCUT2D eigenvalue weighted by molar-refractivity contribution is 5.66. The van der Waals surface area contributed by atoms with Gasteiger partial charge in [0.1, 0.15) is 25.1 Å². The Kier molecular flexibility index (Phi) is 8.72. The lowest BCUT2D eigenvalue weighted by Gasteiger charge is -2.37. The van der Waals surface area contributed by atoms with Crippen LogP contribution in [0.2, 0.25) is 0 Å². The Morgan fingerprint density at radius 2 is 1.59 bits per heavy atom. The van der Waals surface area contributed by atoms with E-state index in [4.69, 9.17) is 20.1 Å². The molecule has 4 N–H and O–H groups in total. The van der Waals surface area contributed by atoms with E-state index in [0.29, 0.717) is 0 Å². The van der Waals surface area contributed by atoms with Crippen molar-refractivity contribution in [2.24, 2.45) is 0 Å². The van der Waals surface area contributed by atoms with E-state index in [9.17, 15) is 9.90 Å². The van der Waals surface area contributed by atoms with Gasteiger partial charge in [-0.2, -0.15) is 0 Å². The van der Waals surface area contributed by atoms with Crippen molar-refractivity contribution >= 4 is 12.8 Å². The molecule has 0 aromatic rings. The maximum absolute atomic E-state index is 10.5. The lowest BCUT2D eigenvalue weighted by molar-refractivity contribution is -0.331. The molecule has 1 saturated heterocycles. The van der Waals surface area contributed by atoms with Crippen LogP contribution in [0.25, 0.3) is 0 Å². The minimum Gasteiger partial charge on any atom is -0.433 e. The van der Waals surface area contributed by atoms with Crippen molar-refractivity contribution in [3.63, 3.8) is 0 Å². The first-order chi connectivity index (χ1) is 7.43. The van der Waals surface area contributed by atoms with Crippen LogP contribution in [-0.4, -0.2) is 64.1 Å². The van der Waals surface area contributed by atoms with E-state index in [0.717, 1.165) is 6.92 Å². The van der Waals surface area contributed by atoms with E-state index in [1.807, 2.05) is 6.79 Å². The van der Waals surface area contributed by atoms with E-state index in [2.05, 4.69) is 9.47 Å². The summed E-state index contributed by atoms with van der Waals surface area (Å²) in [5.41, 5.74) is 0. The zero-order valence-electron chi connectivity index (χ0n) is 8.52. The second-order valence-corrected chi connectivity index (χ2v) is 2.98. The number of aliphatic hydroxyl groups excluding tert-OH is 4. The highest BCUT2D eigenvalue weighted by Gasteiger charge is 2.44. The number of aliphatic hydroxyl groups is 4. The van der Waals surface area contributed by atoms with Gasteiger partial charge in [0.25, 0.3) is 0 Å². The second kappa shape index (κ2) is 8.09. The van der Waals surface area contributed by atoms with E-state index < -0.39 is 36.9 Å². The number of carbonyl (C=O) groups is 2. The largest absolute Gasteiger partial charge is 0.433 e. The Morgan fingerprint density at radius 3 is 2.00 bits per heavy atom. The average Bonchev–Trinajstić information content (AvgIpc) is 2.25. The highest BCUT2D eigenvalue weighted by atomic mass is 16.8. The molecule has 0 aromatic heterocycles. The Bertz CT molecular complexity index is 233. The van der Waals surface area contributed by atoms with E-state index in [1.54, 1.807) is 0 Å². The molecule has 102 valence electrons. The minimum absolute atomic E-state index is 0. The summed E-state index contributed by atoms with van der Waals surface area (Å²) in [4.78, 5) is 18.5. The Balaban J connectivity index is 0. The summed E-state index contributed by atoms with van der Waals surface area (Å²) in [6.07, 6.45) is -8.00. The van der Waals surface area contributed by atoms with E-state index in [1.165, 1.54) is 0 Å². The van der Waals surface area contributed by atoms with Gasteiger partial charge in [-0.15, -0.1) is 0 Å². The van der Waals surface area contributed by atoms with E-state index >= 15 is 0 Å². The molecule has 0 aliphatic carbocycles. The molecule has 0 amide bonds. The van der Waals surface area contributed by atoms with Gasteiger partial charge in [0.2, 0.25) is 6.29 Å². The molecule has 0 saturated carbocycles. The molecule has 5 atom stereocenters. The van der Waals surface area contributed by atoms with Crippen molar-refractivity contribution in [2.75, 3.05) is 0 Å². The molecule has 17 heavy (non-hydrogen) atoms. The van der Waals surface area contributed by atoms with Gasteiger partial charge in [-0.1, -0.05) is 7.43 Å². The third-order valence-corrected chi connectivity index (χ3v) is 1.83. The molecule has 1 rings (SSSR count). The van der Waals surface area contributed by atoms with Crippen LogP contribution in [0.5, 0.6) is 0 Å². The summed E-state index contributed by atoms with van der Waals surface area (Å²) < 4.78 is 8.99. The lowest BCUT2D eigenvalue weighted by atomic mass is 10.0. The number of rotatable bonds is 1. The van der Waals surface area contributed by atoms with Gasteiger partial charge in [-0.25, -0.2) is 0 Å². The average molecular weight is 254 g/mol. The molecule has 1 aliphatic heterocycles. The standard InChI is InChI=1S/C7H12O7.CH2O.CH4/c1-2(8)13-7-5(11)3(9)4(10)6(12)14-7;1-2;/h3-7,9-12H,1H3;1H2;1H4/t3-,4-,5?,6?,7+;;/m0../s1. The first kappa shape index (κ1) is 18.3. The van der Waals surface area contributed by atoms with Crippen molar-refractivity contribution in [3.05, 3.63) is 0 Å². The number of carbonyl (C=O) groups excluding carboxylic acids is 2.